The molecule has 2 aliphatic rings. The Morgan fingerprint density at radius 2 is 1.82 bits per heavy atom. The van der Waals surface area contributed by atoms with Crippen LogP contribution in [0.4, 0.5) is 15.0 Å². The molecule has 9 nitrogen and oxygen atoms in total. The average Bonchev–Trinajstić information content (AvgIpc) is 3.39. The van der Waals surface area contributed by atoms with Gasteiger partial charge in [-0.1, -0.05) is 35.9 Å². The minimum absolute atomic E-state index is 0.00482. The molecule has 6 rings (SSSR count). The summed E-state index contributed by atoms with van der Waals surface area (Å²) in [6, 6.07) is 12.6. The number of aromatic nitrogens is 2. The van der Waals surface area contributed by atoms with E-state index in [0.29, 0.717) is 49.6 Å². The molecule has 1 atom stereocenters. The maximum Gasteiger partial charge on any atom is 0.410 e. The second kappa shape index (κ2) is 11.9. The number of carbonyl (C=O) groups is 1. The Kier molecular flexibility index (Phi) is 8.15. The molecule has 2 fully saturated rings. The number of amides is 1. The topological polar surface area (TPSA) is 91.3 Å². The van der Waals surface area contributed by atoms with Crippen LogP contribution in [-0.2, 0) is 4.74 Å². The number of benzene rings is 3. The summed E-state index contributed by atoms with van der Waals surface area (Å²) in [5.74, 6) is -0.130. The lowest BCUT2D eigenvalue weighted by Crippen LogP contribution is -2.50. The standard InChI is InChI=1S/C33H37ClFN5O4/c1-33(2,3)44-32(42)40-14-12-39(13-15-40)30-25-18-26(34)27(24-17-22(41)16-20-8-5-6-10-23(20)24)28(35)29(25)36-31(37-30)43-19-21-9-7-11-38(21)4/h5-6,8,10,16-18,21,41H,7,9,11-15,19H2,1-4H3/t21-/m0/s1. The maximum atomic E-state index is 16.7. The van der Waals surface area contributed by atoms with Gasteiger partial charge < -0.3 is 29.3 Å². The number of phenolic OH excluding ortho intramolecular Hbond substituents is 1. The molecular formula is C33H37ClFN5O4. The normalized spacial score (nSPS) is 17.9. The van der Waals surface area contributed by atoms with Crippen molar-refractivity contribution in [1.29, 1.82) is 0 Å². The summed E-state index contributed by atoms with van der Waals surface area (Å²) in [5.41, 5.74) is 0.0910. The molecule has 0 aliphatic carbocycles. The van der Waals surface area contributed by atoms with Crippen LogP contribution in [0.1, 0.15) is 33.6 Å². The van der Waals surface area contributed by atoms with Crippen LogP contribution >= 0.6 is 11.6 Å². The SMILES string of the molecule is CN1CCC[C@H]1COc1nc(N2CCN(C(=O)OC(C)(C)C)CC2)c2cc(Cl)c(-c3cc(O)cc4ccccc34)c(F)c2n1. The molecule has 0 radical (unpaired) electrons. The third-order valence-electron chi connectivity index (χ3n) is 8.27. The van der Waals surface area contributed by atoms with Crippen LogP contribution in [-0.4, -0.2) is 89.0 Å². The molecule has 0 unspecified atom stereocenters. The second-order valence-electron chi connectivity index (χ2n) is 12.5. The number of likely N-dealkylation sites (tertiary alicyclic amines) is 1. The van der Waals surface area contributed by atoms with Crippen LogP contribution in [0.3, 0.4) is 0 Å². The molecule has 44 heavy (non-hydrogen) atoms. The third kappa shape index (κ3) is 6.05. The Morgan fingerprint density at radius 3 is 2.52 bits per heavy atom. The minimum atomic E-state index is -0.623. The summed E-state index contributed by atoms with van der Waals surface area (Å²) < 4.78 is 28.4. The molecule has 232 valence electrons. The fourth-order valence-corrected chi connectivity index (χ4v) is 6.30. The zero-order valence-electron chi connectivity index (χ0n) is 25.4. The van der Waals surface area contributed by atoms with E-state index in [1.165, 1.54) is 6.07 Å². The van der Waals surface area contributed by atoms with Gasteiger partial charge in [0.1, 0.15) is 29.3 Å². The van der Waals surface area contributed by atoms with Gasteiger partial charge in [0.05, 0.1) is 5.02 Å². The molecule has 0 spiro atoms. The monoisotopic (exact) mass is 621 g/mol. The zero-order valence-corrected chi connectivity index (χ0v) is 26.2. The van der Waals surface area contributed by atoms with Crippen LogP contribution < -0.4 is 9.64 Å². The quantitative estimate of drug-likeness (QED) is 0.271. The minimum Gasteiger partial charge on any atom is -0.508 e. The van der Waals surface area contributed by atoms with Gasteiger partial charge >= 0.3 is 12.1 Å². The Hall–Kier alpha value is -3.89. The fraction of sp³-hybridized carbons (Fsp3) is 0.424. The molecule has 2 aliphatic heterocycles. The van der Waals surface area contributed by atoms with E-state index < -0.39 is 11.4 Å². The zero-order chi connectivity index (χ0) is 31.2. The number of piperazine rings is 1. The van der Waals surface area contributed by atoms with Crippen LogP contribution in [0.2, 0.25) is 5.02 Å². The van der Waals surface area contributed by atoms with Crippen molar-refractivity contribution in [3.05, 3.63) is 53.3 Å². The number of hydrogen-bond acceptors (Lipinski definition) is 8. The Bertz CT molecular complexity index is 1720. The molecule has 0 saturated carbocycles. The highest BCUT2D eigenvalue weighted by molar-refractivity contribution is 6.35. The first-order chi connectivity index (χ1) is 21.0. The van der Waals surface area contributed by atoms with Gasteiger partial charge in [0.25, 0.3) is 0 Å². The Morgan fingerprint density at radius 1 is 1.07 bits per heavy atom. The van der Waals surface area contributed by atoms with Gasteiger partial charge in [-0.3, -0.25) is 0 Å². The van der Waals surface area contributed by atoms with Gasteiger partial charge in [0.15, 0.2) is 5.82 Å². The summed E-state index contributed by atoms with van der Waals surface area (Å²) in [6.07, 6.45) is 1.72. The van der Waals surface area contributed by atoms with Gasteiger partial charge in [-0.05, 0) is 81.7 Å². The lowest BCUT2D eigenvalue weighted by Gasteiger charge is -2.36. The van der Waals surface area contributed by atoms with E-state index in [0.717, 1.165) is 30.2 Å². The highest BCUT2D eigenvalue weighted by Crippen LogP contribution is 2.42. The first-order valence-corrected chi connectivity index (χ1v) is 15.3. The molecule has 4 aromatic rings. The Labute approximate surface area is 261 Å². The number of aromatic hydroxyl groups is 1. The molecule has 1 amide bonds. The van der Waals surface area contributed by atoms with Crippen molar-refractivity contribution in [2.45, 2.75) is 45.3 Å². The van der Waals surface area contributed by atoms with Gasteiger partial charge in [-0.25, -0.2) is 9.18 Å². The van der Waals surface area contributed by atoms with Gasteiger partial charge in [-0.2, -0.15) is 9.97 Å². The predicted octanol–water partition coefficient (Wildman–Crippen LogP) is 6.48. The second-order valence-corrected chi connectivity index (χ2v) is 12.9. The van der Waals surface area contributed by atoms with Crippen molar-refractivity contribution < 1.29 is 23.8 Å². The van der Waals surface area contributed by atoms with Crippen molar-refractivity contribution in [3.8, 4) is 22.9 Å². The number of nitrogens with zero attached hydrogens (tertiary/aromatic N) is 5. The van der Waals surface area contributed by atoms with Gasteiger partial charge in [0.2, 0.25) is 0 Å². The van der Waals surface area contributed by atoms with Crippen molar-refractivity contribution in [2.75, 3.05) is 51.3 Å². The third-order valence-corrected chi connectivity index (χ3v) is 8.56. The number of rotatable bonds is 5. The number of halogens is 2. The number of fused-ring (bicyclic) bond motifs is 2. The number of likely N-dealkylation sites (N-methyl/N-ethyl adjacent to an activating group) is 1. The summed E-state index contributed by atoms with van der Waals surface area (Å²) in [4.78, 5) is 27.9. The first-order valence-electron chi connectivity index (χ1n) is 15.0. The van der Waals surface area contributed by atoms with Gasteiger partial charge in [-0.15, -0.1) is 0 Å². The van der Waals surface area contributed by atoms with E-state index >= 15 is 4.39 Å². The molecule has 1 N–H and O–H groups in total. The predicted molar refractivity (Wildman–Crippen MR) is 170 cm³/mol. The summed E-state index contributed by atoms with van der Waals surface area (Å²) in [7, 11) is 2.06. The molecule has 3 heterocycles. The summed E-state index contributed by atoms with van der Waals surface area (Å²) in [6.45, 7) is 8.62. The number of anilines is 1. The van der Waals surface area contributed by atoms with Crippen molar-refractivity contribution in [2.24, 2.45) is 0 Å². The fourth-order valence-electron chi connectivity index (χ4n) is 6.00. The molecule has 2 saturated heterocycles. The van der Waals surface area contributed by atoms with Crippen LogP contribution in [0.25, 0.3) is 32.8 Å². The largest absolute Gasteiger partial charge is 0.508 e. The summed E-state index contributed by atoms with van der Waals surface area (Å²) >= 11 is 6.83. The van der Waals surface area contributed by atoms with Gasteiger partial charge in [0, 0.05) is 43.2 Å². The highest BCUT2D eigenvalue weighted by Gasteiger charge is 2.30. The number of ether oxygens (including phenoxy) is 2. The molecule has 0 bridgehead atoms. The van der Waals surface area contributed by atoms with Crippen molar-refractivity contribution in [3.63, 3.8) is 0 Å². The molecular weight excluding hydrogens is 585 g/mol. The van der Waals surface area contributed by atoms with E-state index in [-0.39, 0.29) is 40.0 Å². The molecule has 3 aromatic carbocycles. The van der Waals surface area contributed by atoms with E-state index in [1.807, 2.05) is 49.9 Å². The van der Waals surface area contributed by atoms with Crippen LogP contribution in [0.5, 0.6) is 11.8 Å². The first kappa shape index (κ1) is 30.1. The lowest BCUT2D eigenvalue weighted by atomic mass is 9.96. The van der Waals surface area contributed by atoms with Crippen molar-refractivity contribution in [1.82, 2.24) is 19.8 Å². The van der Waals surface area contributed by atoms with E-state index in [9.17, 15) is 9.90 Å². The Balaban J connectivity index is 1.42. The smallest absolute Gasteiger partial charge is 0.410 e. The lowest BCUT2D eigenvalue weighted by molar-refractivity contribution is 0.0240. The number of hydrogen-bond donors (Lipinski definition) is 1. The van der Waals surface area contributed by atoms with Crippen LogP contribution in [0.15, 0.2) is 42.5 Å². The number of carbonyl (C=O) groups excluding carboxylic acids is 1. The van der Waals surface area contributed by atoms with Crippen LogP contribution in [0, 0.1) is 5.82 Å². The summed E-state index contributed by atoms with van der Waals surface area (Å²) in [5, 5.41) is 12.6. The maximum absolute atomic E-state index is 16.7. The molecule has 1 aromatic heterocycles. The van der Waals surface area contributed by atoms with Crippen molar-refractivity contribution >= 4 is 45.2 Å². The highest BCUT2D eigenvalue weighted by atomic mass is 35.5. The molecule has 11 heteroatoms. The van der Waals surface area contributed by atoms with E-state index in [4.69, 9.17) is 26.1 Å². The number of phenols is 1. The van der Waals surface area contributed by atoms with E-state index in [2.05, 4.69) is 16.9 Å². The average molecular weight is 622 g/mol. The van der Waals surface area contributed by atoms with E-state index in [1.54, 1.807) is 17.0 Å².